The SMILES string of the molecule is NC(c1c[c]ccc1)c1cccnc1. The van der Waals surface area contributed by atoms with Crippen molar-refractivity contribution in [2.24, 2.45) is 5.73 Å². The lowest BCUT2D eigenvalue weighted by Crippen LogP contribution is -2.11. The Balaban J connectivity index is 2.30. The zero-order valence-electron chi connectivity index (χ0n) is 7.72. The van der Waals surface area contributed by atoms with Gasteiger partial charge in [0.1, 0.15) is 0 Å². The van der Waals surface area contributed by atoms with Gasteiger partial charge in [-0.3, -0.25) is 4.98 Å². The van der Waals surface area contributed by atoms with Gasteiger partial charge in [-0.15, -0.1) is 0 Å². The van der Waals surface area contributed by atoms with Gasteiger partial charge in [0.15, 0.2) is 0 Å². The van der Waals surface area contributed by atoms with Crippen molar-refractivity contribution >= 4 is 0 Å². The summed E-state index contributed by atoms with van der Waals surface area (Å²) >= 11 is 0. The van der Waals surface area contributed by atoms with Gasteiger partial charge in [0, 0.05) is 12.4 Å². The number of aromatic nitrogens is 1. The number of pyridine rings is 1. The number of nitrogens with two attached hydrogens (primary N) is 1. The maximum Gasteiger partial charge on any atom is 0.0567 e. The van der Waals surface area contributed by atoms with Crippen molar-refractivity contribution in [1.29, 1.82) is 0 Å². The Labute approximate surface area is 83.4 Å². The summed E-state index contributed by atoms with van der Waals surface area (Å²) in [5.74, 6) is 0. The highest BCUT2D eigenvalue weighted by atomic mass is 14.7. The number of nitrogens with zero attached hydrogens (tertiary/aromatic N) is 1. The normalized spacial score (nSPS) is 12.4. The topological polar surface area (TPSA) is 38.9 Å². The number of hydrogen-bond donors (Lipinski definition) is 1. The second-order valence-electron chi connectivity index (χ2n) is 3.10. The van der Waals surface area contributed by atoms with Gasteiger partial charge in [0.2, 0.25) is 0 Å². The van der Waals surface area contributed by atoms with E-state index in [0.717, 1.165) is 11.1 Å². The van der Waals surface area contributed by atoms with Crippen molar-refractivity contribution in [2.75, 3.05) is 0 Å². The minimum Gasteiger partial charge on any atom is -0.320 e. The molecule has 2 rings (SSSR count). The van der Waals surface area contributed by atoms with E-state index in [9.17, 15) is 0 Å². The van der Waals surface area contributed by atoms with E-state index in [0.29, 0.717) is 0 Å². The van der Waals surface area contributed by atoms with Gasteiger partial charge in [0.05, 0.1) is 6.04 Å². The van der Waals surface area contributed by atoms with Crippen molar-refractivity contribution in [3.05, 3.63) is 66.0 Å². The van der Waals surface area contributed by atoms with Crippen LogP contribution in [-0.2, 0) is 0 Å². The lowest BCUT2D eigenvalue weighted by molar-refractivity contribution is 0.863. The van der Waals surface area contributed by atoms with Gasteiger partial charge >= 0.3 is 0 Å². The molecule has 0 aliphatic heterocycles. The molecular weight excluding hydrogens is 172 g/mol. The molecule has 2 N–H and O–H groups in total. The molecule has 2 heteroatoms. The van der Waals surface area contributed by atoms with Crippen LogP contribution in [0.4, 0.5) is 0 Å². The minimum atomic E-state index is -0.110. The van der Waals surface area contributed by atoms with Crippen LogP contribution in [0.5, 0.6) is 0 Å². The van der Waals surface area contributed by atoms with Gasteiger partial charge in [0.25, 0.3) is 0 Å². The standard InChI is InChI=1S/C12H11N2/c13-12(10-5-2-1-3-6-10)11-7-4-8-14-9-11/h1-2,4-9,12H,13H2. The third-order valence-electron chi connectivity index (χ3n) is 2.13. The Morgan fingerprint density at radius 3 is 2.71 bits per heavy atom. The van der Waals surface area contributed by atoms with Crippen molar-refractivity contribution in [3.8, 4) is 0 Å². The molecule has 1 unspecified atom stereocenters. The highest BCUT2D eigenvalue weighted by Crippen LogP contribution is 2.17. The van der Waals surface area contributed by atoms with Crippen molar-refractivity contribution in [3.63, 3.8) is 0 Å². The second kappa shape index (κ2) is 4.03. The molecular formula is C12H11N2. The Bertz CT molecular complexity index is 344. The van der Waals surface area contributed by atoms with E-state index in [-0.39, 0.29) is 6.04 Å². The smallest absolute Gasteiger partial charge is 0.0567 e. The zero-order valence-corrected chi connectivity index (χ0v) is 7.72. The van der Waals surface area contributed by atoms with Crippen LogP contribution in [0.2, 0.25) is 0 Å². The quantitative estimate of drug-likeness (QED) is 0.772. The Kier molecular flexibility index (Phi) is 2.56. The lowest BCUT2D eigenvalue weighted by atomic mass is 10.0. The van der Waals surface area contributed by atoms with Crippen LogP contribution < -0.4 is 5.73 Å². The molecule has 1 atom stereocenters. The molecule has 0 spiro atoms. The van der Waals surface area contributed by atoms with Crippen LogP contribution >= 0.6 is 0 Å². The van der Waals surface area contributed by atoms with Crippen molar-refractivity contribution in [1.82, 2.24) is 4.98 Å². The highest BCUT2D eigenvalue weighted by Gasteiger charge is 2.06. The second-order valence-corrected chi connectivity index (χ2v) is 3.10. The van der Waals surface area contributed by atoms with E-state index in [2.05, 4.69) is 11.1 Å². The predicted octanol–water partition coefficient (Wildman–Crippen LogP) is 1.93. The first-order valence-corrected chi connectivity index (χ1v) is 4.49. The van der Waals surface area contributed by atoms with E-state index < -0.39 is 0 Å². The third kappa shape index (κ3) is 1.80. The predicted molar refractivity (Wildman–Crippen MR) is 55.5 cm³/mol. The molecule has 0 aliphatic rings. The van der Waals surface area contributed by atoms with Gasteiger partial charge in [-0.2, -0.15) is 0 Å². The van der Waals surface area contributed by atoms with Crippen molar-refractivity contribution in [2.45, 2.75) is 6.04 Å². The molecule has 1 aromatic carbocycles. The van der Waals surface area contributed by atoms with Crippen LogP contribution in [0.1, 0.15) is 17.2 Å². The summed E-state index contributed by atoms with van der Waals surface area (Å²) in [4.78, 5) is 4.04. The van der Waals surface area contributed by atoms with Crippen LogP contribution in [0.25, 0.3) is 0 Å². The summed E-state index contributed by atoms with van der Waals surface area (Å²) in [6.45, 7) is 0. The molecule has 1 radical (unpaired) electrons. The molecule has 1 heterocycles. The molecule has 69 valence electrons. The van der Waals surface area contributed by atoms with Crippen molar-refractivity contribution < 1.29 is 0 Å². The van der Waals surface area contributed by atoms with Gasteiger partial charge in [-0.25, -0.2) is 0 Å². The Hall–Kier alpha value is -1.67. The monoisotopic (exact) mass is 183 g/mol. The fourth-order valence-corrected chi connectivity index (χ4v) is 1.35. The molecule has 2 nitrogen and oxygen atoms in total. The molecule has 2 aromatic rings. The molecule has 14 heavy (non-hydrogen) atoms. The lowest BCUT2D eigenvalue weighted by Gasteiger charge is -2.10. The summed E-state index contributed by atoms with van der Waals surface area (Å²) in [7, 11) is 0. The Morgan fingerprint density at radius 2 is 2.07 bits per heavy atom. The molecule has 0 bridgehead atoms. The van der Waals surface area contributed by atoms with Gasteiger partial charge in [-0.1, -0.05) is 24.3 Å². The minimum absolute atomic E-state index is 0.110. The Morgan fingerprint density at radius 1 is 1.21 bits per heavy atom. The number of rotatable bonds is 2. The highest BCUT2D eigenvalue weighted by molar-refractivity contribution is 5.28. The molecule has 0 saturated carbocycles. The van der Waals surface area contributed by atoms with Gasteiger partial charge < -0.3 is 5.73 Å². The maximum atomic E-state index is 6.06. The first-order chi connectivity index (χ1) is 6.88. The van der Waals surface area contributed by atoms with Crippen LogP contribution in [0.3, 0.4) is 0 Å². The summed E-state index contributed by atoms with van der Waals surface area (Å²) < 4.78 is 0. The van der Waals surface area contributed by atoms with Crippen LogP contribution in [-0.4, -0.2) is 4.98 Å². The summed E-state index contributed by atoms with van der Waals surface area (Å²) in [6.07, 6.45) is 3.53. The van der Waals surface area contributed by atoms with E-state index in [4.69, 9.17) is 5.73 Å². The van der Waals surface area contributed by atoms with Crippen LogP contribution in [0, 0.1) is 6.07 Å². The van der Waals surface area contributed by atoms with E-state index in [1.165, 1.54) is 0 Å². The summed E-state index contributed by atoms with van der Waals surface area (Å²) in [6, 6.07) is 14.5. The van der Waals surface area contributed by atoms with Gasteiger partial charge in [-0.05, 0) is 29.3 Å². The molecule has 0 amide bonds. The number of hydrogen-bond acceptors (Lipinski definition) is 2. The fraction of sp³-hybridized carbons (Fsp3) is 0.0833. The largest absolute Gasteiger partial charge is 0.320 e. The third-order valence-corrected chi connectivity index (χ3v) is 2.13. The summed E-state index contributed by atoms with van der Waals surface area (Å²) in [5.41, 5.74) is 8.13. The molecule has 0 aliphatic carbocycles. The average molecular weight is 183 g/mol. The maximum absolute atomic E-state index is 6.06. The first kappa shape index (κ1) is 8.91. The van der Waals surface area contributed by atoms with Crippen LogP contribution in [0.15, 0.2) is 48.8 Å². The first-order valence-electron chi connectivity index (χ1n) is 4.49. The zero-order chi connectivity index (χ0) is 9.80. The summed E-state index contributed by atoms with van der Waals surface area (Å²) in [5, 5.41) is 0. The van der Waals surface area contributed by atoms with E-state index in [1.807, 2.05) is 36.4 Å². The molecule has 0 saturated heterocycles. The number of benzene rings is 1. The molecule has 0 fully saturated rings. The molecule has 1 aromatic heterocycles. The van der Waals surface area contributed by atoms with E-state index in [1.54, 1.807) is 12.4 Å². The average Bonchev–Trinajstić information content (AvgIpc) is 2.30. The fourth-order valence-electron chi connectivity index (χ4n) is 1.35. The van der Waals surface area contributed by atoms with E-state index >= 15 is 0 Å².